The Morgan fingerprint density at radius 3 is 1.27 bits per heavy atom. The summed E-state index contributed by atoms with van der Waals surface area (Å²) < 4.78 is 50.9. The van der Waals surface area contributed by atoms with Gasteiger partial charge in [0.2, 0.25) is 15.3 Å². The molecular formula is C34H34F3N7OS3. The van der Waals surface area contributed by atoms with Gasteiger partial charge < -0.3 is 21.3 Å². The molecule has 14 heteroatoms. The van der Waals surface area contributed by atoms with Crippen LogP contribution in [-0.4, -0.2) is 48.9 Å². The summed E-state index contributed by atoms with van der Waals surface area (Å²) in [6, 6.07) is 26.7. The van der Waals surface area contributed by atoms with Crippen LogP contribution < -0.4 is 21.3 Å². The normalized spacial score (nSPS) is 10.8. The van der Waals surface area contributed by atoms with E-state index in [1.54, 1.807) is 66.7 Å². The van der Waals surface area contributed by atoms with Crippen LogP contribution >= 0.6 is 36.7 Å². The predicted molar refractivity (Wildman–Crippen MR) is 197 cm³/mol. The Bertz CT molecular complexity index is 1650. The molecule has 0 saturated heterocycles. The van der Waals surface area contributed by atoms with E-state index in [9.17, 15) is 4.79 Å². The van der Waals surface area contributed by atoms with Gasteiger partial charge in [-0.05, 0) is 130 Å². The molecule has 0 saturated carbocycles. The summed E-state index contributed by atoms with van der Waals surface area (Å²) in [5, 5.41) is 7.04. The maximum absolute atomic E-state index is 17.0. The second kappa shape index (κ2) is 15.9. The summed E-state index contributed by atoms with van der Waals surface area (Å²) in [6.45, 7) is 6.18. The number of halogens is 3. The first-order valence-corrected chi connectivity index (χ1v) is 15.9. The molecule has 4 aromatic rings. The number of anilines is 3. The van der Waals surface area contributed by atoms with E-state index in [1.165, 1.54) is 12.1 Å². The van der Waals surface area contributed by atoms with Crippen LogP contribution in [0.25, 0.3) is 0 Å². The number of aryl methyl sites for hydroxylation is 4. The maximum Gasteiger partial charge on any atom is 0.299 e. The minimum Gasteiger partial charge on any atom is -0.345 e. The van der Waals surface area contributed by atoms with E-state index in [1.807, 2.05) is 45.9 Å². The number of nitrogens with zero attached hydrogens (tertiary/aromatic N) is 3. The first kappa shape index (κ1) is 36.1. The summed E-state index contributed by atoms with van der Waals surface area (Å²) in [7, 11) is 0. The molecule has 0 bridgehead atoms. The van der Waals surface area contributed by atoms with Crippen LogP contribution in [0, 0.1) is 27.7 Å². The number of amides is 1. The molecule has 0 fully saturated rings. The zero-order valence-corrected chi connectivity index (χ0v) is 29.0. The average molecular weight is 710 g/mol. The van der Waals surface area contributed by atoms with Crippen molar-refractivity contribution in [2.45, 2.75) is 33.5 Å². The summed E-state index contributed by atoms with van der Waals surface area (Å²) in [4.78, 5) is 13.3. The molecule has 0 aliphatic heterocycles. The molecule has 0 aromatic heterocycles. The molecule has 1 amide bonds. The van der Waals surface area contributed by atoms with E-state index in [2.05, 4.69) is 21.3 Å². The highest BCUT2D eigenvalue weighted by Gasteiger charge is 2.56. The number of rotatable bonds is 9. The van der Waals surface area contributed by atoms with Gasteiger partial charge in [-0.2, -0.15) is 0 Å². The number of carbonyl (C=O) groups is 1. The Hall–Kier alpha value is -4.79. The summed E-state index contributed by atoms with van der Waals surface area (Å²) in [5.74, 6) is -4.02. The molecule has 4 aromatic carbocycles. The summed E-state index contributed by atoms with van der Waals surface area (Å²) >= 11 is 16.1. The molecule has 0 atom stereocenters. The number of carbonyl (C=O) groups excluding carboxylic acids is 1. The van der Waals surface area contributed by atoms with E-state index in [0.717, 1.165) is 22.3 Å². The predicted octanol–water partition coefficient (Wildman–Crippen LogP) is 8.05. The van der Waals surface area contributed by atoms with Crippen LogP contribution in [-0.2, 0) is 0 Å². The first-order valence-electron chi connectivity index (χ1n) is 14.7. The highest BCUT2D eigenvalue weighted by Crippen LogP contribution is 2.31. The van der Waals surface area contributed by atoms with Gasteiger partial charge in [0, 0.05) is 22.6 Å². The molecule has 8 nitrogen and oxygen atoms in total. The Balaban J connectivity index is 1.80. The third-order valence-corrected chi connectivity index (χ3v) is 7.87. The lowest BCUT2D eigenvalue weighted by Crippen LogP contribution is -2.72. The van der Waals surface area contributed by atoms with Crippen molar-refractivity contribution in [1.29, 1.82) is 0 Å². The fourth-order valence-electron chi connectivity index (χ4n) is 4.62. The summed E-state index contributed by atoms with van der Waals surface area (Å²) in [5.41, 5.74) is 4.53. The van der Waals surface area contributed by atoms with Crippen LogP contribution in [0.5, 0.6) is 0 Å². The van der Waals surface area contributed by atoms with Gasteiger partial charge in [0.1, 0.15) is 0 Å². The zero-order valence-electron chi connectivity index (χ0n) is 26.6. The lowest BCUT2D eigenvalue weighted by Gasteiger charge is -2.45. The van der Waals surface area contributed by atoms with Crippen molar-refractivity contribution in [2.75, 3.05) is 22.5 Å². The molecule has 0 unspecified atom stereocenters. The van der Waals surface area contributed by atoms with Gasteiger partial charge in [0.05, 0.1) is 6.54 Å². The van der Waals surface area contributed by atoms with Crippen LogP contribution in [0.1, 0.15) is 32.6 Å². The smallest absolute Gasteiger partial charge is 0.299 e. The Labute approximate surface area is 293 Å². The Kier molecular flexibility index (Phi) is 11.9. The second-order valence-corrected chi connectivity index (χ2v) is 12.2. The van der Waals surface area contributed by atoms with Crippen molar-refractivity contribution >= 4 is 75.0 Å². The van der Waals surface area contributed by atoms with Crippen LogP contribution in [0.15, 0.2) is 97.1 Å². The monoisotopic (exact) mass is 709 g/mol. The maximum atomic E-state index is 17.0. The van der Waals surface area contributed by atoms with Gasteiger partial charge in [-0.1, -0.05) is 67.5 Å². The lowest BCUT2D eigenvalue weighted by molar-refractivity contribution is -0.255. The molecule has 0 aliphatic rings. The minimum atomic E-state index is -3.27. The van der Waals surface area contributed by atoms with E-state index in [-0.39, 0.29) is 20.9 Å². The molecule has 250 valence electrons. The van der Waals surface area contributed by atoms with Crippen LogP contribution in [0.4, 0.5) is 30.5 Å². The molecule has 4 rings (SSSR count). The minimum absolute atomic E-state index is 0.164. The molecule has 0 spiro atoms. The standard InChI is InChI=1S/C34H34F3N7OS3/c1-22-14-16-26(17-15-22)30(45)38-21-34(42(35)31(46)39-27-11-5-8-23(2)18-27,43(36)32(47)40-28-12-6-9-24(3)19-28)44(37)33(48)41-29-13-7-10-25(4)20-29/h5-20H,21H2,1-4H3,(H,38,45)(H,39,46)(H,40,47)(H,41,48). The number of nitrogens with one attached hydrogen (secondary N) is 4. The Morgan fingerprint density at radius 1 is 0.583 bits per heavy atom. The zero-order chi connectivity index (χ0) is 35.0. The highest BCUT2D eigenvalue weighted by atomic mass is 32.1. The van der Waals surface area contributed by atoms with Gasteiger partial charge in [0.15, 0.2) is 0 Å². The quantitative estimate of drug-likeness (QED) is 0.0780. The van der Waals surface area contributed by atoms with Crippen molar-refractivity contribution in [3.8, 4) is 0 Å². The van der Waals surface area contributed by atoms with E-state index in [0.29, 0.717) is 17.1 Å². The van der Waals surface area contributed by atoms with E-state index in [4.69, 9.17) is 36.7 Å². The fraction of sp³-hybridized carbons (Fsp3) is 0.176. The van der Waals surface area contributed by atoms with Crippen LogP contribution in [0.3, 0.4) is 0 Å². The van der Waals surface area contributed by atoms with Crippen molar-refractivity contribution in [1.82, 2.24) is 20.7 Å². The van der Waals surface area contributed by atoms with Crippen molar-refractivity contribution in [2.24, 2.45) is 0 Å². The largest absolute Gasteiger partial charge is 0.345 e. The van der Waals surface area contributed by atoms with Crippen molar-refractivity contribution in [3.05, 3.63) is 125 Å². The fourth-order valence-corrected chi connectivity index (χ4v) is 5.41. The molecule has 0 radical (unpaired) electrons. The summed E-state index contributed by atoms with van der Waals surface area (Å²) in [6.07, 6.45) is 0. The van der Waals surface area contributed by atoms with Gasteiger partial charge in [-0.25, -0.2) is 0 Å². The molecule has 0 heterocycles. The van der Waals surface area contributed by atoms with Crippen LogP contribution in [0.2, 0.25) is 0 Å². The highest BCUT2D eigenvalue weighted by molar-refractivity contribution is 7.81. The topological polar surface area (TPSA) is 74.9 Å². The van der Waals surface area contributed by atoms with E-state index >= 15 is 13.4 Å². The number of hydrogen-bond acceptors (Lipinski definition) is 4. The molecule has 48 heavy (non-hydrogen) atoms. The van der Waals surface area contributed by atoms with Gasteiger partial charge in [0.25, 0.3) is 11.7 Å². The van der Waals surface area contributed by atoms with Gasteiger partial charge >= 0.3 is 0 Å². The van der Waals surface area contributed by atoms with E-state index < -0.39 is 33.6 Å². The molecular weight excluding hydrogens is 676 g/mol. The molecule has 4 N–H and O–H groups in total. The first-order chi connectivity index (χ1) is 22.8. The number of thiocarbonyl (C=S) groups is 3. The third kappa shape index (κ3) is 8.76. The lowest BCUT2D eigenvalue weighted by atomic mass is 10.1. The number of hydrogen-bond donors (Lipinski definition) is 4. The Morgan fingerprint density at radius 2 is 0.938 bits per heavy atom. The van der Waals surface area contributed by atoms with Crippen molar-refractivity contribution < 1.29 is 18.2 Å². The second-order valence-electron chi connectivity index (χ2n) is 11.1. The number of benzene rings is 4. The SMILES string of the molecule is Cc1ccc(C(=O)NCC(N(F)C(=S)Nc2cccc(C)c2)(N(F)C(=S)Nc2cccc(C)c2)N(F)C(=S)Nc2cccc(C)c2)cc1. The average Bonchev–Trinajstić information content (AvgIpc) is 3.04. The molecule has 0 aliphatic carbocycles. The van der Waals surface area contributed by atoms with Crippen molar-refractivity contribution in [3.63, 3.8) is 0 Å². The van der Waals surface area contributed by atoms with Gasteiger partial charge in [-0.15, -0.1) is 15.4 Å². The van der Waals surface area contributed by atoms with Gasteiger partial charge in [-0.3, -0.25) is 4.79 Å². The third-order valence-electron chi connectivity index (χ3n) is 7.09.